The Morgan fingerprint density at radius 1 is 1.42 bits per heavy atom. The Morgan fingerprint density at radius 2 is 2.11 bits per heavy atom. The maximum atomic E-state index is 9.66. The SMILES string of the molecule is C/C(=C/O)c1ccccc1N=C1CC(=[N-])C(C)C1.[Yb]. The Bertz CT molecular complexity index is 535. The van der Waals surface area contributed by atoms with Gasteiger partial charge in [-0.05, 0) is 37.3 Å². The number of para-hydroxylation sites is 1. The molecule has 0 aromatic heterocycles. The van der Waals surface area contributed by atoms with Crippen LogP contribution in [0.5, 0.6) is 0 Å². The van der Waals surface area contributed by atoms with Gasteiger partial charge < -0.3 is 10.5 Å². The van der Waals surface area contributed by atoms with Gasteiger partial charge in [-0.2, -0.15) is 5.71 Å². The van der Waals surface area contributed by atoms with Crippen LogP contribution in [0.4, 0.5) is 5.69 Å². The maximum absolute atomic E-state index is 9.66. The summed E-state index contributed by atoms with van der Waals surface area (Å²) in [6.45, 7) is 3.85. The summed E-state index contributed by atoms with van der Waals surface area (Å²) in [5.41, 5.74) is 4.07. The first-order valence-corrected chi connectivity index (χ1v) is 6.13. The molecule has 1 fully saturated rings. The molecule has 1 aliphatic rings. The quantitative estimate of drug-likeness (QED) is 0.728. The van der Waals surface area contributed by atoms with Crippen LogP contribution in [0.2, 0.25) is 0 Å². The molecule has 0 saturated heterocycles. The van der Waals surface area contributed by atoms with Gasteiger partial charge in [-0.3, -0.25) is 4.99 Å². The van der Waals surface area contributed by atoms with E-state index in [1.165, 1.54) is 0 Å². The molecule has 1 aromatic rings. The predicted octanol–water partition coefficient (Wildman–Crippen LogP) is 4.12. The van der Waals surface area contributed by atoms with Crippen molar-refractivity contribution in [2.24, 2.45) is 10.9 Å². The molecule has 1 aromatic carbocycles. The third-order valence-corrected chi connectivity index (χ3v) is 3.30. The molecule has 1 unspecified atom stereocenters. The topological polar surface area (TPSA) is 54.9 Å². The molecule has 1 saturated carbocycles. The van der Waals surface area contributed by atoms with Crippen molar-refractivity contribution < 1.29 is 52.0 Å². The molecule has 1 aliphatic carbocycles. The summed E-state index contributed by atoms with van der Waals surface area (Å²) >= 11 is 0. The summed E-state index contributed by atoms with van der Waals surface area (Å²) in [4.78, 5) is 4.61. The van der Waals surface area contributed by atoms with Crippen LogP contribution < -0.4 is 0 Å². The number of hydrogen-bond acceptors (Lipinski definition) is 2. The van der Waals surface area contributed by atoms with Gasteiger partial charge in [0.2, 0.25) is 0 Å². The molecule has 1 N–H and O–H groups in total. The molecule has 0 spiro atoms. The maximum Gasteiger partial charge on any atom is 0.0827 e. The van der Waals surface area contributed by atoms with Gasteiger partial charge in [0.1, 0.15) is 0 Å². The zero-order valence-corrected chi connectivity index (χ0v) is 12.7. The predicted molar refractivity (Wildman–Crippen MR) is 76.6 cm³/mol. The third kappa shape index (κ3) is 4.04. The number of aliphatic hydroxyl groups is 1. The normalized spacial score (nSPS) is 21.6. The zero-order valence-electron chi connectivity index (χ0n) is 11.0. The molecular formula is C15H17N2OYb-. The third-order valence-electron chi connectivity index (χ3n) is 3.30. The minimum atomic E-state index is 0. The first-order chi connectivity index (χ1) is 8.61. The summed E-state index contributed by atoms with van der Waals surface area (Å²) in [7, 11) is 0. The fourth-order valence-electron chi connectivity index (χ4n) is 2.16. The zero-order chi connectivity index (χ0) is 13.1. The van der Waals surface area contributed by atoms with Crippen LogP contribution in [0, 0.1) is 52.8 Å². The summed E-state index contributed by atoms with van der Waals surface area (Å²) in [5.74, 6) is 0.199. The van der Waals surface area contributed by atoms with Gasteiger partial charge in [-0.25, -0.2) is 0 Å². The van der Waals surface area contributed by atoms with Crippen LogP contribution in [-0.2, 0) is 0 Å². The number of hydrogen-bond donors (Lipinski definition) is 1. The van der Waals surface area contributed by atoms with Crippen molar-refractivity contribution in [2.45, 2.75) is 26.7 Å². The minimum Gasteiger partial charge on any atom is -0.811 e. The summed E-state index contributed by atoms with van der Waals surface area (Å²) in [5, 5.41) is 18.8. The van der Waals surface area contributed by atoms with Crippen molar-refractivity contribution in [3.05, 3.63) is 41.5 Å². The van der Waals surface area contributed by atoms with E-state index in [0.29, 0.717) is 12.1 Å². The second-order valence-corrected chi connectivity index (χ2v) is 4.78. The van der Waals surface area contributed by atoms with Crippen molar-refractivity contribution >= 4 is 22.7 Å². The average molecular weight is 414 g/mol. The van der Waals surface area contributed by atoms with Crippen LogP contribution in [0.1, 0.15) is 32.3 Å². The second kappa shape index (κ2) is 7.41. The average Bonchev–Trinajstić information content (AvgIpc) is 2.68. The van der Waals surface area contributed by atoms with Gasteiger partial charge in [0.25, 0.3) is 0 Å². The van der Waals surface area contributed by atoms with E-state index in [2.05, 4.69) is 4.99 Å². The van der Waals surface area contributed by atoms with E-state index in [0.717, 1.165) is 35.2 Å². The Kier molecular flexibility index (Phi) is 6.51. The molecule has 108 valence electrons. The van der Waals surface area contributed by atoms with Crippen LogP contribution in [-0.4, -0.2) is 16.5 Å². The van der Waals surface area contributed by atoms with Crippen molar-refractivity contribution in [1.29, 1.82) is 0 Å². The first kappa shape index (κ1) is 16.7. The van der Waals surface area contributed by atoms with Gasteiger partial charge in [-0.15, -0.1) is 0 Å². The van der Waals surface area contributed by atoms with E-state index in [9.17, 15) is 5.41 Å². The molecular weight excluding hydrogens is 397 g/mol. The van der Waals surface area contributed by atoms with E-state index in [4.69, 9.17) is 5.11 Å². The van der Waals surface area contributed by atoms with E-state index >= 15 is 0 Å². The van der Waals surface area contributed by atoms with E-state index in [1.807, 2.05) is 38.1 Å². The summed E-state index contributed by atoms with van der Waals surface area (Å²) < 4.78 is 0. The standard InChI is InChI=1S/C15H17N2O.Yb/c1-10-7-12(8-14(10)16)17-15-6-4-3-5-13(15)11(2)9-18;/h3-6,9-10,18H,7-8H2,1-2H3;/q-1;/b11-9-,17-12?;. The van der Waals surface area contributed by atoms with Crippen LogP contribution in [0.25, 0.3) is 11.0 Å². The Labute approximate surface area is 152 Å². The summed E-state index contributed by atoms with van der Waals surface area (Å²) in [6, 6.07) is 7.71. The first-order valence-electron chi connectivity index (χ1n) is 6.13. The number of allylic oxidation sites excluding steroid dienone is 1. The van der Waals surface area contributed by atoms with Crippen molar-refractivity contribution in [1.82, 2.24) is 0 Å². The minimum absolute atomic E-state index is 0. The van der Waals surface area contributed by atoms with Gasteiger partial charge in [0, 0.05) is 58.2 Å². The van der Waals surface area contributed by atoms with Crippen LogP contribution in [0.3, 0.4) is 0 Å². The molecule has 1 atom stereocenters. The van der Waals surface area contributed by atoms with Gasteiger partial charge in [0.05, 0.1) is 11.9 Å². The number of rotatable bonds is 2. The van der Waals surface area contributed by atoms with Crippen molar-refractivity contribution in [3.8, 4) is 0 Å². The molecule has 3 nitrogen and oxygen atoms in total. The molecule has 0 amide bonds. The van der Waals surface area contributed by atoms with Gasteiger partial charge in [-0.1, -0.05) is 25.1 Å². The molecule has 0 heterocycles. The fourth-order valence-corrected chi connectivity index (χ4v) is 2.16. The van der Waals surface area contributed by atoms with Crippen LogP contribution >= 0.6 is 0 Å². The van der Waals surface area contributed by atoms with E-state index in [1.54, 1.807) is 0 Å². The molecule has 0 bridgehead atoms. The Morgan fingerprint density at radius 3 is 2.68 bits per heavy atom. The van der Waals surface area contributed by atoms with E-state index in [-0.39, 0.29) is 52.8 Å². The Hall–Kier alpha value is -0.381. The second-order valence-electron chi connectivity index (χ2n) is 4.78. The molecule has 19 heavy (non-hydrogen) atoms. The smallest absolute Gasteiger partial charge is 0.0827 e. The van der Waals surface area contributed by atoms with Gasteiger partial charge >= 0.3 is 0 Å². The van der Waals surface area contributed by atoms with Gasteiger partial charge in [0.15, 0.2) is 0 Å². The van der Waals surface area contributed by atoms with Crippen molar-refractivity contribution in [3.63, 3.8) is 0 Å². The molecule has 0 radical (unpaired) electrons. The number of nitrogens with zero attached hydrogens (tertiary/aromatic N) is 2. The monoisotopic (exact) mass is 415 g/mol. The number of aliphatic hydroxyl groups excluding tert-OH is 1. The molecule has 4 heteroatoms. The Balaban J connectivity index is 0.00000180. The summed E-state index contributed by atoms with van der Waals surface area (Å²) in [6.07, 6.45) is 2.47. The van der Waals surface area contributed by atoms with E-state index < -0.39 is 0 Å². The number of benzene rings is 1. The fraction of sp³-hybridized carbons (Fsp3) is 0.333. The molecule has 2 rings (SSSR count). The van der Waals surface area contributed by atoms with Crippen LogP contribution in [0.15, 0.2) is 35.5 Å². The largest absolute Gasteiger partial charge is 0.811 e. The molecule has 0 aliphatic heterocycles. The number of aliphatic imine (C=N–C) groups is 1. The van der Waals surface area contributed by atoms with Crippen molar-refractivity contribution in [2.75, 3.05) is 0 Å².